The summed E-state index contributed by atoms with van der Waals surface area (Å²) in [6.45, 7) is 9.57. The third-order valence-corrected chi connectivity index (χ3v) is 11.5. The molecular formula is C41H54. The first-order valence-corrected chi connectivity index (χ1v) is 15.8. The second-order valence-corrected chi connectivity index (χ2v) is 13.0. The molecule has 0 aliphatic heterocycles. The summed E-state index contributed by atoms with van der Waals surface area (Å²) >= 11 is 0. The van der Waals surface area contributed by atoms with Gasteiger partial charge in [0.05, 0.1) is 0 Å². The van der Waals surface area contributed by atoms with Crippen LogP contribution in [0.25, 0.3) is 6.08 Å². The van der Waals surface area contributed by atoms with Gasteiger partial charge >= 0.3 is 0 Å². The Labute approximate surface area is 254 Å². The summed E-state index contributed by atoms with van der Waals surface area (Å²) in [7, 11) is 0. The molecule has 0 saturated heterocycles. The molecule has 6 bridgehead atoms. The van der Waals surface area contributed by atoms with Crippen LogP contribution >= 0.6 is 0 Å². The quantitative estimate of drug-likeness (QED) is 0.172. The van der Waals surface area contributed by atoms with Crippen molar-refractivity contribution in [1.29, 1.82) is 0 Å². The highest BCUT2D eigenvalue weighted by Crippen LogP contribution is 2.68. The van der Waals surface area contributed by atoms with Crippen LogP contribution in [0.1, 0.15) is 67.4 Å². The monoisotopic (exact) mass is 548 g/mol. The molecule has 1 aromatic rings. The van der Waals surface area contributed by atoms with Gasteiger partial charge in [-0.05, 0) is 116 Å². The normalized spacial score (nSPS) is 37.0. The molecule has 0 N–H and O–H groups in total. The van der Waals surface area contributed by atoms with E-state index in [2.05, 4.69) is 138 Å². The topological polar surface area (TPSA) is 0 Å². The van der Waals surface area contributed by atoms with E-state index >= 15 is 0 Å². The smallest absolute Gasteiger partial charge is 0 e. The second kappa shape index (κ2) is 14.1. The van der Waals surface area contributed by atoms with E-state index in [1.54, 1.807) is 17.6 Å². The number of fused-ring (bicyclic) bond motifs is 12. The maximum absolute atomic E-state index is 4.00. The third kappa shape index (κ3) is 6.19. The first kappa shape index (κ1) is 30.7. The van der Waals surface area contributed by atoms with Crippen molar-refractivity contribution in [1.82, 2.24) is 0 Å². The first-order chi connectivity index (χ1) is 20.0. The summed E-state index contributed by atoms with van der Waals surface area (Å²) < 4.78 is 0. The van der Waals surface area contributed by atoms with Crippen molar-refractivity contribution in [3.8, 4) is 25.7 Å². The van der Waals surface area contributed by atoms with Gasteiger partial charge in [-0.1, -0.05) is 110 Å². The summed E-state index contributed by atoms with van der Waals surface area (Å²) in [5.41, 5.74) is 6.10. The molecule has 1 aromatic carbocycles. The highest BCUT2D eigenvalue weighted by molar-refractivity contribution is 5.59. The number of hydrogen-bond acceptors (Lipinski definition) is 0. The third-order valence-electron chi connectivity index (χ3n) is 11.5. The van der Waals surface area contributed by atoms with Gasteiger partial charge in [-0.15, -0.1) is 25.7 Å². The van der Waals surface area contributed by atoms with Gasteiger partial charge in [-0.25, -0.2) is 0 Å². The summed E-state index contributed by atoms with van der Waals surface area (Å²) in [4.78, 5) is 0. The van der Waals surface area contributed by atoms with Crippen LogP contribution in [0.2, 0.25) is 0 Å². The fourth-order valence-corrected chi connectivity index (χ4v) is 9.16. The molecule has 0 amide bonds. The van der Waals surface area contributed by atoms with Crippen molar-refractivity contribution in [3.05, 3.63) is 101 Å². The Balaban J connectivity index is 0.000000199. The van der Waals surface area contributed by atoms with E-state index in [0.717, 1.165) is 72.0 Å². The average Bonchev–Trinajstić information content (AvgIpc) is 3.88. The highest BCUT2D eigenvalue weighted by Gasteiger charge is 2.62. The Morgan fingerprint density at radius 2 is 1.20 bits per heavy atom. The lowest BCUT2D eigenvalue weighted by Gasteiger charge is -2.39. The predicted molar refractivity (Wildman–Crippen MR) is 183 cm³/mol. The molecule has 41 heavy (non-hydrogen) atoms. The molecule has 10 unspecified atom stereocenters. The predicted octanol–water partition coefficient (Wildman–Crippen LogP) is 10.6. The Bertz CT molecular complexity index is 1200. The van der Waals surface area contributed by atoms with Crippen LogP contribution < -0.4 is 0 Å². The van der Waals surface area contributed by atoms with Gasteiger partial charge in [0, 0.05) is 2.85 Å². The molecule has 0 nitrogen and oxygen atoms in total. The van der Waals surface area contributed by atoms with E-state index in [-0.39, 0.29) is 2.85 Å². The molecular weight excluding hydrogens is 492 g/mol. The van der Waals surface area contributed by atoms with Crippen LogP contribution in [0.15, 0.2) is 90.1 Å². The zero-order valence-corrected chi connectivity index (χ0v) is 25.7. The molecule has 0 aromatic heterocycles. The number of allylic oxidation sites excluding steroid dienone is 11. The van der Waals surface area contributed by atoms with E-state index in [1.807, 2.05) is 0 Å². The number of hydrogen-bond donors (Lipinski definition) is 0. The van der Waals surface area contributed by atoms with Gasteiger partial charge < -0.3 is 0 Å². The van der Waals surface area contributed by atoms with Crippen LogP contribution in [-0.2, 0) is 6.42 Å². The van der Waals surface area contributed by atoms with Crippen molar-refractivity contribution >= 4 is 6.08 Å². The van der Waals surface area contributed by atoms with Gasteiger partial charge in [0.1, 0.15) is 0 Å². The summed E-state index contributed by atoms with van der Waals surface area (Å²) in [5.74, 6) is 10.1. The molecule has 0 radical (unpaired) electrons. The minimum atomic E-state index is 0. The zero-order valence-electron chi connectivity index (χ0n) is 25.7. The summed E-state index contributed by atoms with van der Waals surface area (Å²) in [6.07, 6.45) is 45.3. The van der Waals surface area contributed by atoms with Gasteiger partial charge in [0.2, 0.25) is 0 Å². The van der Waals surface area contributed by atoms with Gasteiger partial charge in [-0.2, -0.15) is 0 Å². The summed E-state index contributed by atoms with van der Waals surface area (Å²) in [6, 6.07) is 8.49. The molecule has 0 heterocycles. The first-order valence-electron chi connectivity index (χ1n) is 15.8. The van der Waals surface area contributed by atoms with Crippen LogP contribution in [0.4, 0.5) is 0 Å². The van der Waals surface area contributed by atoms with E-state index in [9.17, 15) is 0 Å². The molecule has 10 atom stereocenters. The molecule has 218 valence electrons. The molecule has 9 rings (SSSR count). The highest BCUT2D eigenvalue weighted by atomic mass is 14.7. The van der Waals surface area contributed by atoms with E-state index in [0.29, 0.717) is 0 Å². The lowest BCUT2D eigenvalue weighted by atomic mass is 9.66. The molecule has 3 saturated carbocycles. The maximum atomic E-state index is 4.00. The minimum Gasteiger partial charge on any atom is -0.124 e. The second-order valence-electron chi connectivity index (χ2n) is 13.0. The standard InChI is InChI=1S/C14H20.C9H12.C9H8.C5H6.2C2H2.2H2/c1-7-8(2)12-6-11(7)13-9-3-4-10(5-9)14(12)13;1-6-7(2)9-4-3-8(6)5-9;1-2-5-9-7-3-6-8(9)4-1;1-2-4-5-3-1;2*1-2;;/h3-4,7-14H,5-6H2,1-2H3;3-4,8-9H,5H2,1-2H3;1-6H,7H2;1-4H,5H2;2*1-2H;2*1H/i;;;;;;2*1+1. The van der Waals surface area contributed by atoms with Crippen LogP contribution in [0, 0.1) is 84.9 Å². The van der Waals surface area contributed by atoms with Crippen molar-refractivity contribution in [2.75, 3.05) is 0 Å². The fourth-order valence-electron chi connectivity index (χ4n) is 9.16. The van der Waals surface area contributed by atoms with Gasteiger partial charge in [-0.3, -0.25) is 0 Å². The Kier molecular flexibility index (Phi) is 10.6. The lowest BCUT2D eigenvalue weighted by molar-refractivity contribution is 0.108. The largest absolute Gasteiger partial charge is 0.124 e. The molecule has 3 fully saturated rings. The SMILES string of the molecule is C#C.C#C.C1=CCC=C1.C1=Cc2ccccc2C1.CC1=C(C)C2C=CC1C2.CC1C(C)C2CC1C1C3C=CC(C3)C21.[2HH].[2HH]. The molecule has 8 aliphatic carbocycles. The van der Waals surface area contributed by atoms with Gasteiger partial charge in [0.15, 0.2) is 0 Å². The van der Waals surface area contributed by atoms with E-state index in [4.69, 9.17) is 0 Å². The maximum Gasteiger partial charge on any atom is 0 e. The molecule has 0 heteroatoms. The number of benzene rings is 1. The van der Waals surface area contributed by atoms with Crippen LogP contribution in [0.3, 0.4) is 0 Å². The lowest BCUT2D eigenvalue weighted by Crippen LogP contribution is -2.34. The van der Waals surface area contributed by atoms with E-state index < -0.39 is 0 Å². The average molecular weight is 549 g/mol. The minimum absolute atomic E-state index is 0. The van der Waals surface area contributed by atoms with Crippen molar-refractivity contribution in [2.45, 2.75) is 59.8 Å². The van der Waals surface area contributed by atoms with Crippen molar-refractivity contribution in [2.24, 2.45) is 59.2 Å². The Morgan fingerprint density at radius 3 is 1.63 bits per heavy atom. The van der Waals surface area contributed by atoms with Crippen LogP contribution in [-0.4, -0.2) is 0 Å². The van der Waals surface area contributed by atoms with Crippen molar-refractivity contribution in [3.63, 3.8) is 0 Å². The number of rotatable bonds is 0. The van der Waals surface area contributed by atoms with Crippen LogP contribution in [0.5, 0.6) is 0 Å². The Hall–Kier alpha value is -3.22. The molecule has 0 spiro atoms. The van der Waals surface area contributed by atoms with Crippen molar-refractivity contribution < 1.29 is 2.85 Å². The molecule has 8 aliphatic rings. The number of terminal acetylenes is 2. The summed E-state index contributed by atoms with van der Waals surface area (Å²) in [5, 5.41) is 0. The van der Waals surface area contributed by atoms with E-state index in [1.165, 1.54) is 24.0 Å². The Morgan fingerprint density at radius 1 is 0.659 bits per heavy atom. The zero-order chi connectivity index (χ0) is 29.5. The van der Waals surface area contributed by atoms with Gasteiger partial charge in [0.25, 0.3) is 0 Å². The fraction of sp³-hybridized carbons (Fsp3) is 0.463.